The molecule has 5 saturated carbocycles. The molecule has 2 saturated heterocycles. The summed E-state index contributed by atoms with van der Waals surface area (Å²) in [6, 6.07) is 0. The van der Waals surface area contributed by atoms with Crippen molar-refractivity contribution in [3.63, 3.8) is 0 Å². The van der Waals surface area contributed by atoms with Crippen molar-refractivity contribution in [1.82, 2.24) is 10.6 Å². The van der Waals surface area contributed by atoms with Crippen LogP contribution in [0.3, 0.4) is 0 Å². The number of ether oxygens (including phenoxy) is 4. The van der Waals surface area contributed by atoms with E-state index in [9.17, 15) is 9.90 Å². The van der Waals surface area contributed by atoms with Crippen LogP contribution in [0.5, 0.6) is 0 Å². The van der Waals surface area contributed by atoms with Crippen molar-refractivity contribution in [3.8, 4) is 0 Å². The van der Waals surface area contributed by atoms with E-state index in [4.69, 9.17) is 24.7 Å². The second-order valence-electron chi connectivity index (χ2n) is 17.2. The van der Waals surface area contributed by atoms with E-state index in [-0.39, 0.29) is 70.1 Å². The highest BCUT2D eigenvalue weighted by atomic mass is 16.7. The van der Waals surface area contributed by atoms with Gasteiger partial charge in [0.15, 0.2) is 6.29 Å². The van der Waals surface area contributed by atoms with Crippen molar-refractivity contribution in [2.75, 3.05) is 26.7 Å². The van der Waals surface area contributed by atoms with Gasteiger partial charge in [0.05, 0.1) is 36.6 Å². The summed E-state index contributed by atoms with van der Waals surface area (Å²) in [7, 11) is 1.59. The number of fused-ring (bicyclic) bond motifs is 4. The van der Waals surface area contributed by atoms with Crippen molar-refractivity contribution in [1.29, 1.82) is 0 Å². The van der Waals surface area contributed by atoms with E-state index in [0.29, 0.717) is 18.4 Å². The molecule has 2 spiro atoms. The molecule has 0 aromatic carbocycles. The number of carbonyl (C=O) groups excluding carboxylic acids is 1. The zero-order valence-corrected chi connectivity index (χ0v) is 28.2. The van der Waals surface area contributed by atoms with Crippen LogP contribution in [0.4, 0.5) is 4.79 Å². The van der Waals surface area contributed by atoms with Crippen LogP contribution >= 0.6 is 0 Å². The molecular weight excluding hydrogens is 558 g/mol. The molecule has 2 heterocycles. The Balaban J connectivity index is 1.15. The van der Waals surface area contributed by atoms with E-state index in [0.717, 1.165) is 45.2 Å². The Morgan fingerprint density at radius 1 is 1.09 bits per heavy atom. The maximum atomic E-state index is 12.4. The van der Waals surface area contributed by atoms with Gasteiger partial charge in [-0.2, -0.15) is 0 Å². The van der Waals surface area contributed by atoms with E-state index in [1.807, 2.05) is 0 Å². The van der Waals surface area contributed by atoms with Gasteiger partial charge >= 0.3 is 6.09 Å². The van der Waals surface area contributed by atoms with Gasteiger partial charge in [0.1, 0.15) is 6.10 Å². The fraction of sp³-hybridized carbons (Fsp3) is 0.971. The second-order valence-corrected chi connectivity index (χ2v) is 17.2. The summed E-state index contributed by atoms with van der Waals surface area (Å²) in [5, 5.41) is 18.4. The molecule has 250 valence electrons. The van der Waals surface area contributed by atoms with Gasteiger partial charge in [0.25, 0.3) is 0 Å². The Bertz CT molecular complexity index is 1130. The smallest absolute Gasteiger partial charge is 0.407 e. The van der Waals surface area contributed by atoms with Gasteiger partial charge in [-0.25, -0.2) is 4.79 Å². The summed E-state index contributed by atoms with van der Waals surface area (Å²) < 4.78 is 25.3. The number of nitrogens with two attached hydrogens (primary N) is 1. The Kier molecular flexibility index (Phi) is 7.56. The van der Waals surface area contributed by atoms with Crippen molar-refractivity contribution in [2.24, 2.45) is 57.0 Å². The van der Waals surface area contributed by atoms with Crippen molar-refractivity contribution >= 4 is 6.09 Å². The maximum Gasteiger partial charge on any atom is 0.407 e. The van der Waals surface area contributed by atoms with Crippen LogP contribution in [-0.4, -0.2) is 80.3 Å². The highest BCUT2D eigenvalue weighted by Crippen LogP contribution is 2.87. The van der Waals surface area contributed by atoms with E-state index in [2.05, 4.69) is 52.2 Å². The zero-order valence-electron chi connectivity index (χ0n) is 28.2. The summed E-state index contributed by atoms with van der Waals surface area (Å²) in [6.07, 6.45) is 6.57. The lowest BCUT2D eigenvalue weighted by Gasteiger charge is -2.63. The normalized spacial score (nSPS) is 52.9. The minimum Gasteiger partial charge on any atom is -0.443 e. The van der Waals surface area contributed by atoms with Gasteiger partial charge in [0.2, 0.25) is 0 Å². The van der Waals surface area contributed by atoms with E-state index in [1.165, 1.54) is 19.3 Å². The predicted octanol–water partition coefficient (Wildman–Crippen LogP) is 4.20. The predicted molar refractivity (Wildman–Crippen MR) is 167 cm³/mol. The lowest BCUT2D eigenvalue weighted by molar-refractivity contribution is -0.233. The number of rotatable bonds is 5. The molecule has 0 bridgehead atoms. The van der Waals surface area contributed by atoms with E-state index >= 15 is 0 Å². The molecule has 2 aliphatic heterocycles. The summed E-state index contributed by atoms with van der Waals surface area (Å²) in [4.78, 5) is 12.3. The first kappa shape index (κ1) is 31.6. The molecule has 14 atom stereocenters. The second kappa shape index (κ2) is 10.5. The summed E-state index contributed by atoms with van der Waals surface area (Å²) in [6.45, 7) is 16.1. The fourth-order valence-corrected chi connectivity index (χ4v) is 13.0. The first-order chi connectivity index (χ1) is 20.8. The van der Waals surface area contributed by atoms with Crippen LogP contribution in [-0.2, 0) is 18.9 Å². The number of aliphatic hydroxyl groups excluding tert-OH is 1. The fourth-order valence-electron chi connectivity index (χ4n) is 13.0. The van der Waals surface area contributed by atoms with E-state index in [1.54, 1.807) is 7.05 Å². The Morgan fingerprint density at radius 2 is 1.82 bits per heavy atom. The van der Waals surface area contributed by atoms with Gasteiger partial charge in [-0.1, -0.05) is 41.5 Å². The molecule has 1 amide bonds. The summed E-state index contributed by atoms with van der Waals surface area (Å²) in [5.74, 6) is 1.45. The van der Waals surface area contributed by atoms with Crippen molar-refractivity contribution in [2.45, 2.75) is 135 Å². The SMILES string of the molecule is CNC(=O)OC(C(C)C)C1CC(C)C2C(O1)C(O)C1(N)C3CCC4C(C)(C)C(OC5CNCCO5)CCC45CC35CCC21C. The van der Waals surface area contributed by atoms with Gasteiger partial charge in [-0.3, -0.25) is 0 Å². The van der Waals surface area contributed by atoms with Crippen LogP contribution in [0.1, 0.15) is 92.9 Å². The highest BCUT2D eigenvalue weighted by Gasteiger charge is 2.85. The topological polar surface area (TPSA) is 124 Å². The average Bonchev–Trinajstić information content (AvgIpc) is 3.62. The third-order valence-corrected chi connectivity index (χ3v) is 14.9. The molecule has 7 rings (SSSR count). The molecule has 7 fully saturated rings. The molecule has 0 radical (unpaired) electrons. The zero-order chi connectivity index (χ0) is 31.4. The molecule has 9 nitrogen and oxygen atoms in total. The molecule has 7 aliphatic rings. The van der Waals surface area contributed by atoms with Gasteiger partial charge < -0.3 is 40.4 Å². The highest BCUT2D eigenvalue weighted by molar-refractivity contribution is 5.66. The van der Waals surface area contributed by atoms with Crippen LogP contribution in [0, 0.1) is 51.2 Å². The molecule has 5 N–H and O–H groups in total. The molecule has 9 heteroatoms. The molecular formula is C35H59N3O6. The Morgan fingerprint density at radius 3 is 2.50 bits per heavy atom. The summed E-state index contributed by atoms with van der Waals surface area (Å²) in [5.41, 5.74) is 7.40. The number of amides is 1. The van der Waals surface area contributed by atoms with Crippen LogP contribution in [0.15, 0.2) is 0 Å². The van der Waals surface area contributed by atoms with Crippen molar-refractivity contribution < 1.29 is 28.8 Å². The first-order valence-corrected chi connectivity index (χ1v) is 17.8. The van der Waals surface area contributed by atoms with Crippen LogP contribution in [0.25, 0.3) is 0 Å². The van der Waals surface area contributed by atoms with Crippen LogP contribution in [0.2, 0.25) is 0 Å². The molecule has 44 heavy (non-hydrogen) atoms. The standard InChI is InChI=1S/C35H59N3O6/c1-19(2)27(44-30(40)37-7)21-16-20(3)26-28(42-21)29(39)35(36)23-9-8-22-31(4,5)24(43-25-17-38-14-15-41-25)10-11-33(22)18-34(23,33)13-12-32(26,35)6/h19-29,38-39H,8-18,36H2,1-7H3,(H,37,40). The quantitative estimate of drug-likeness (QED) is 0.362. The first-order valence-electron chi connectivity index (χ1n) is 17.8. The number of carbonyl (C=O) groups is 1. The number of aliphatic hydroxyl groups is 1. The van der Waals surface area contributed by atoms with Gasteiger partial charge in [-0.05, 0) is 103 Å². The third kappa shape index (κ3) is 4.07. The van der Waals surface area contributed by atoms with Crippen LogP contribution < -0.4 is 16.4 Å². The number of alkyl carbamates (subject to hydrolysis) is 1. The number of hydrogen-bond donors (Lipinski definition) is 4. The largest absolute Gasteiger partial charge is 0.443 e. The Hall–Kier alpha value is -0.970. The number of nitrogens with one attached hydrogen (secondary N) is 2. The van der Waals surface area contributed by atoms with Gasteiger partial charge in [-0.15, -0.1) is 0 Å². The van der Waals surface area contributed by atoms with Gasteiger partial charge in [0, 0.05) is 20.1 Å². The molecule has 5 aliphatic carbocycles. The molecule has 14 unspecified atom stereocenters. The summed E-state index contributed by atoms with van der Waals surface area (Å²) >= 11 is 0. The van der Waals surface area contributed by atoms with Crippen molar-refractivity contribution in [3.05, 3.63) is 0 Å². The average molecular weight is 618 g/mol. The number of morpholine rings is 1. The molecule has 0 aromatic heterocycles. The van der Waals surface area contributed by atoms with E-state index < -0.39 is 17.7 Å². The minimum absolute atomic E-state index is 0.0554. The monoisotopic (exact) mass is 617 g/mol. The lowest BCUT2D eigenvalue weighted by Crippen LogP contribution is -2.70. The lowest BCUT2D eigenvalue weighted by atomic mass is 9.43. The number of hydrogen-bond acceptors (Lipinski definition) is 8. The maximum absolute atomic E-state index is 12.4. The Labute approximate surface area is 264 Å². The third-order valence-electron chi connectivity index (χ3n) is 14.9. The minimum atomic E-state index is -0.740. The molecule has 0 aromatic rings.